The van der Waals surface area contributed by atoms with Gasteiger partial charge in [0.2, 0.25) is 0 Å². The normalized spacial score (nSPS) is 14.1. The summed E-state index contributed by atoms with van der Waals surface area (Å²) in [5.41, 5.74) is 19.7. The SMILES string of the molecule is C#CC(O)/C=C/c1c2nc(cc3[nH]c(cc4[nH]c(cc5nc1C(CC)=C5CC)c(CC)c4CC)c(CC)c3CC)C(CC)=C2CC. The van der Waals surface area contributed by atoms with Crippen LogP contribution in [0.3, 0.4) is 0 Å². The van der Waals surface area contributed by atoms with Crippen LogP contribution in [0, 0.1) is 12.3 Å². The predicted octanol–water partition coefficient (Wildman–Crippen LogP) is 10.0. The molecule has 0 radical (unpaired) electrons. The molecule has 8 bridgehead atoms. The second-order valence-electron chi connectivity index (χ2n) is 12.1. The Morgan fingerprint density at radius 3 is 1.30 bits per heavy atom. The van der Waals surface area contributed by atoms with Crippen molar-refractivity contribution in [2.75, 3.05) is 0 Å². The standard InChI is InChI=1S/C41H50N4O/c1-10-24(46)19-20-33-40-31(17-8)29(15-6)38(44-40)22-36-27(13-4)25(11-2)34(42-36)21-35-26(12-3)28(14-5)37(43-35)23-39-30(16-7)32(18-9)41(33)45-39/h1,19-24,42-43,46H,11-18H2,2-9H3/b20-19+,34-21?,35-21?,36-22?,37-23?,38-22?,39-23?,40-33?,41-33?. The van der Waals surface area contributed by atoms with Gasteiger partial charge in [-0.05, 0) is 120 Å². The molecule has 5 heterocycles. The Morgan fingerprint density at radius 1 is 0.609 bits per heavy atom. The lowest BCUT2D eigenvalue weighted by molar-refractivity contribution is 0.282. The van der Waals surface area contributed by atoms with Crippen LogP contribution in [0.2, 0.25) is 0 Å². The number of hydrogen-bond donors (Lipinski definition) is 3. The van der Waals surface area contributed by atoms with Gasteiger partial charge in [0, 0.05) is 27.6 Å². The number of aliphatic hydroxyl groups excluding tert-OH is 1. The van der Waals surface area contributed by atoms with Crippen molar-refractivity contribution in [3.63, 3.8) is 0 Å². The number of hydrogen-bond acceptors (Lipinski definition) is 3. The smallest absolute Gasteiger partial charge is 0.133 e. The molecule has 1 atom stereocenters. The highest BCUT2D eigenvalue weighted by molar-refractivity contribution is 6.00. The van der Waals surface area contributed by atoms with E-state index in [-0.39, 0.29) is 0 Å². The van der Waals surface area contributed by atoms with E-state index < -0.39 is 6.10 Å². The quantitative estimate of drug-likeness (QED) is 0.199. The number of fused-ring (bicyclic) bond motifs is 8. The Bertz CT molecular complexity index is 1830. The molecule has 46 heavy (non-hydrogen) atoms. The van der Waals surface area contributed by atoms with Crippen LogP contribution in [0.4, 0.5) is 0 Å². The molecular formula is C41H50N4O. The van der Waals surface area contributed by atoms with Gasteiger partial charge in [0.1, 0.15) is 6.10 Å². The van der Waals surface area contributed by atoms with Crippen LogP contribution in [-0.4, -0.2) is 31.1 Å². The third-order valence-electron chi connectivity index (χ3n) is 9.76. The summed E-state index contributed by atoms with van der Waals surface area (Å²) in [5, 5.41) is 10.5. The number of aliphatic hydroxyl groups is 1. The van der Waals surface area contributed by atoms with Gasteiger partial charge in [-0.15, -0.1) is 6.42 Å². The minimum Gasteiger partial charge on any atom is -0.377 e. The van der Waals surface area contributed by atoms with E-state index in [1.54, 1.807) is 6.08 Å². The Morgan fingerprint density at radius 2 is 0.978 bits per heavy atom. The first-order valence-corrected chi connectivity index (χ1v) is 17.4. The Labute approximate surface area is 275 Å². The van der Waals surface area contributed by atoms with Crippen molar-refractivity contribution in [2.24, 2.45) is 0 Å². The van der Waals surface area contributed by atoms with E-state index in [4.69, 9.17) is 16.4 Å². The summed E-state index contributed by atoms with van der Waals surface area (Å²) < 4.78 is 0. The number of aryl methyl sites for hydroxylation is 4. The van der Waals surface area contributed by atoms with Gasteiger partial charge in [-0.1, -0.05) is 67.4 Å². The minimum absolute atomic E-state index is 0.839. The molecule has 5 rings (SSSR count). The monoisotopic (exact) mass is 614 g/mol. The number of aromatic amines is 2. The van der Waals surface area contributed by atoms with Crippen LogP contribution in [0.5, 0.6) is 0 Å². The Kier molecular flexibility index (Phi) is 10.2. The molecule has 0 saturated carbocycles. The van der Waals surface area contributed by atoms with E-state index in [0.717, 1.165) is 102 Å². The molecule has 0 spiro atoms. The lowest BCUT2D eigenvalue weighted by Crippen LogP contribution is -1.98. The molecule has 3 aromatic heterocycles. The molecule has 3 aromatic rings. The van der Waals surface area contributed by atoms with Gasteiger partial charge in [0.15, 0.2) is 0 Å². The molecule has 1 unspecified atom stereocenters. The van der Waals surface area contributed by atoms with Gasteiger partial charge < -0.3 is 15.1 Å². The summed E-state index contributed by atoms with van der Waals surface area (Å²) >= 11 is 0. The van der Waals surface area contributed by atoms with Crippen LogP contribution in [0.1, 0.15) is 132 Å². The summed E-state index contributed by atoms with van der Waals surface area (Å²) in [6.45, 7) is 17.8. The fraction of sp³-hybridized carbons (Fsp3) is 0.415. The topological polar surface area (TPSA) is 77.6 Å². The average Bonchev–Trinajstić information content (AvgIpc) is 3.79. The van der Waals surface area contributed by atoms with Crippen molar-refractivity contribution in [2.45, 2.75) is 113 Å². The van der Waals surface area contributed by atoms with Crippen molar-refractivity contribution >= 4 is 50.4 Å². The zero-order valence-electron chi connectivity index (χ0n) is 29.0. The first-order valence-electron chi connectivity index (χ1n) is 17.4. The fourth-order valence-corrected chi connectivity index (χ4v) is 7.62. The molecule has 0 amide bonds. The molecular weight excluding hydrogens is 564 g/mol. The van der Waals surface area contributed by atoms with Crippen molar-refractivity contribution in [3.8, 4) is 12.3 Å². The van der Waals surface area contributed by atoms with E-state index in [1.807, 2.05) is 6.08 Å². The summed E-state index contributed by atoms with van der Waals surface area (Å²) in [6, 6.07) is 6.84. The molecule has 0 aromatic carbocycles. The lowest BCUT2D eigenvalue weighted by atomic mass is 9.93. The Balaban J connectivity index is 2.11. The van der Waals surface area contributed by atoms with Crippen LogP contribution >= 0.6 is 0 Å². The first-order chi connectivity index (χ1) is 22.3. The molecule has 0 saturated heterocycles. The number of aromatic nitrogens is 4. The summed E-state index contributed by atoms with van der Waals surface area (Å²) in [6.07, 6.45) is 15.4. The van der Waals surface area contributed by atoms with Gasteiger partial charge in [-0.2, -0.15) is 0 Å². The molecule has 0 aliphatic carbocycles. The largest absolute Gasteiger partial charge is 0.377 e. The van der Waals surface area contributed by atoms with Crippen LogP contribution in [0.25, 0.3) is 50.4 Å². The summed E-state index contributed by atoms with van der Waals surface area (Å²) in [5.74, 6) is 2.44. The third kappa shape index (κ3) is 5.69. The van der Waals surface area contributed by atoms with Crippen molar-refractivity contribution in [1.29, 1.82) is 0 Å². The van der Waals surface area contributed by atoms with Crippen molar-refractivity contribution in [1.82, 2.24) is 19.9 Å². The van der Waals surface area contributed by atoms with Gasteiger partial charge in [0.05, 0.1) is 22.8 Å². The van der Waals surface area contributed by atoms with E-state index in [1.165, 1.54) is 44.5 Å². The number of nitrogens with one attached hydrogen (secondary N) is 2. The highest BCUT2D eigenvalue weighted by Crippen LogP contribution is 2.42. The number of terminal acetylenes is 1. The number of allylic oxidation sites excluding steroid dienone is 4. The average molecular weight is 615 g/mol. The summed E-state index contributed by atoms with van der Waals surface area (Å²) in [4.78, 5) is 18.5. The van der Waals surface area contributed by atoms with E-state index >= 15 is 0 Å². The van der Waals surface area contributed by atoms with E-state index in [2.05, 4.69) is 89.5 Å². The zero-order valence-corrected chi connectivity index (χ0v) is 29.0. The zero-order chi connectivity index (χ0) is 33.1. The second-order valence-corrected chi connectivity index (χ2v) is 12.1. The van der Waals surface area contributed by atoms with Gasteiger partial charge in [-0.25, -0.2) is 9.97 Å². The van der Waals surface area contributed by atoms with Crippen LogP contribution < -0.4 is 0 Å². The highest BCUT2D eigenvalue weighted by Gasteiger charge is 2.26. The molecule has 2 aliphatic heterocycles. The molecule has 5 nitrogen and oxygen atoms in total. The molecule has 0 fully saturated rings. The maximum atomic E-state index is 10.5. The lowest BCUT2D eigenvalue weighted by Gasteiger charge is -2.10. The van der Waals surface area contributed by atoms with Gasteiger partial charge in [-0.3, -0.25) is 0 Å². The molecule has 3 N–H and O–H groups in total. The maximum absolute atomic E-state index is 10.5. The van der Waals surface area contributed by atoms with Crippen molar-refractivity contribution < 1.29 is 5.11 Å². The van der Waals surface area contributed by atoms with Gasteiger partial charge in [0.25, 0.3) is 0 Å². The van der Waals surface area contributed by atoms with E-state index in [0.29, 0.717) is 0 Å². The first kappa shape index (κ1) is 33.2. The van der Waals surface area contributed by atoms with Crippen molar-refractivity contribution in [3.05, 3.63) is 74.9 Å². The number of H-pyrrole nitrogens is 2. The molecule has 5 heteroatoms. The molecule has 240 valence electrons. The summed E-state index contributed by atoms with van der Waals surface area (Å²) in [7, 11) is 0. The van der Waals surface area contributed by atoms with Gasteiger partial charge >= 0.3 is 0 Å². The van der Waals surface area contributed by atoms with Crippen LogP contribution in [0.15, 0.2) is 24.3 Å². The van der Waals surface area contributed by atoms with E-state index in [9.17, 15) is 5.11 Å². The maximum Gasteiger partial charge on any atom is 0.133 e. The number of nitrogens with zero attached hydrogens (tertiary/aromatic N) is 2. The van der Waals surface area contributed by atoms with Crippen LogP contribution in [-0.2, 0) is 25.7 Å². The fourth-order valence-electron chi connectivity index (χ4n) is 7.62. The Hall–Kier alpha value is -4.14. The second kappa shape index (κ2) is 14.1. The molecule has 2 aliphatic rings. The third-order valence-corrected chi connectivity index (χ3v) is 9.76. The highest BCUT2D eigenvalue weighted by atomic mass is 16.3. The minimum atomic E-state index is -0.994. The predicted molar refractivity (Wildman–Crippen MR) is 197 cm³/mol. The number of rotatable bonds is 10.